The van der Waals surface area contributed by atoms with E-state index in [4.69, 9.17) is 9.47 Å². The summed E-state index contributed by atoms with van der Waals surface area (Å²) >= 11 is 1.54. The van der Waals surface area contributed by atoms with E-state index in [0.717, 1.165) is 15.4 Å². The first kappa shape index (κ1) is 17.0. The number of hydrogen-bond acceptors (Lipinski definition) is 5. The number of rotatable bonds is 6. The summed E-state index contributed by atoms with van der Waals surface area (Å²) in [5.41, 5.74) is 0.892. The van der Waals surface area contributed by atoms with E-state index in [2.05, 4.69) is 10.3 Å². The summed E-state index contributed by atoms with van der Waals surface area (Å²) in [5.74, 6) is 1.23. The molecule has 1 aromatic heterocycles. The Morgan fingerprint density at radius 3 is 2.74 bits per heavy atom. The molecule has 0 spiro atoms. The lowest BCUT2D eigenvalue weighted by atomic mass is 10.1. The van der Waals surface area contributed by atoms with Gasteiger partial charge in [0.25, 0.3) is 0 Å². The fraction of sp³-hybridized carbons (Fsp3) is 0.294. The summed E-state index contributed by atoms with van der Waals surface area (Å²) in [6, 6.07) is 5.35. The molecule has 1 aromatic carbocycles. The van der Waals surface area contributed by atoms with E-state index in [1.54, 1.807) is 43.9 Å². The van der Waals surface area contributed by atoms with Crippen molar-refractivity contribution in [1.82, 2.24) is 10.3 Å². The molecule has 0 radical (unpaired) electrons. The number of ether oxygens (including phenoxy) is 2. The predicted octanol–water partition coefficient (Wildman–Crippen LogP) is 3.36. The molecule has 0 saturated carbocycles. The third-order valence-corrected chi connectivity index (χ3v) is 4.18. The molecule has 0 aliphatic carbocycles. The first-order chi connectivity index (χ1) is 11.0. The van der Waals surface area contributed by atoms with Crippen molar-refractivity contribution in [1.29, 1.82) is 0 Å². The van der Waals surface area contributed by atoms with Gasteiger partial charge in [-0.15, -0.1) is 11.3 Å². The van der Waals surface area contributed by atoms with Crippen molar-refractivity contribution in [2.45, 2.75) is 19.9 Å². The minimum atomic E-state index is -0.184. The highest BCUT2D eigenvalue weighted by Gasteiger charge is 2.13. The largest absolute Gasteiger partial charge is 0.497 e. The number of carbonyl (C=O) groups excluding carboxylic acids is 1. The molecule has 23 heavy (non-hydrogen) atoms. The van der Waals surface area contributed by atoms with Crippen LogP contribution in [0.1, 0.15) is 28.4 Å². The summed E-state index contributed by atoms with van der Waals surface area (Å²) in [6.07, 6.45) is 5.02. The molecule has 1 atom stereocenters. The Morgan fingerprint density at radius 2 is 2.13 bits per heavy atom. The number of benzene rings is 1. The van der Waals surface area contributed by atoms with Crippen molar-refractivity contribution in [3.05, 3.63) is 45.9 Å². The van der Waals surface area contributed by atoms with Gasteiger partial charge in [-0.2, -0.15) is 0 Å². The Kier molecular flexibility index (Phi) is 5.76. The van der Waals surface area contributed by atoms with E-state index in [1.807, 2.05) is 26.0 Å². The molecule has 0 aliphatic rings. The van der Waals surface area contributed by atoms with Crippen LogP contribution >= 0.6 is 11.3 Å². The number of nitrogens with one attached hydrogen (secondary N) is 1. The van der Waals surface area contributed by atoms with Gasteiger partial charge < -0.3 is 14.8 Å². The molecular weight excluding hydrogens is 312 g/mol. The summed E-state index contributed by atoms with van der Waals surface area (Å²) in [7, 11) is 3.20. The highest BCUT2D eigenvalue weighted by molar-refractivity contribution is 7.12. The van der Waals surface area contributed by atoms with Crippen molar-refractivity contribution < 1.29 is 14.3 Å². The van der Waals surface area contributed by atoms with E-state index in [9.17, 15) is 4.79 Å². The quantitative estimate of drug-likeness (QED) is 0.824. The number of thiazole rings is 1. The zero-order valence-corrected chi connectivity index (χ0v) is 14.4. The predicted molar refractivity (Wildman–Crippen MR) is 92.0 cm³/mol. The van der Waals surface area contributed by atoms with Crippen LogP contribution in [0.25, 0.3) is 6.08 Å². The fourth-order valence-electron chi connectivity index (χ4n) is 2.13. The molecule has 122 valence electrons. The lowest BCUT2D eigenvalue weighted by Gasteiger charge is -2.17. The summed E-state index contributed by atoms with van der Waals surface area (Å²) < 4.78 is 10.5. The van der Waals surface area contributed by atoms with Crippen LogP contribution in [-0.2, 0) is 4.79 Å². The summed E-state index contributed by atoms with van der Waals surface area (Å²) in [6.45, 7) is 3.84. The van der Waals surface area contributed by atoms with E-state index < -0.39 is 0 Å². The van der Waals surface area contributed by atoms with Crippen molar-refractivity contribution in [3.8, 4) is 11.5 Å². The zero-order chi connectivity index (χ0) is 16.8. The Morgan fingerprint density at radius 1 is 1.35 bits per heavy atom. The molecule has 1 heterocycles. The van der Waals surface area contributed by atoms with Gasteiger partial charge in [-0.05, 0) is 32.1 Å². The van der Waals surface area contributed by atoms with Gasteiger partial charge in [-0.3, -0.25) is 4.79 Å². The molecule has 0 saturated heterocycles. The van der Waals surface area contributed by atoms with Crippen LogP contribution in [-0.4, -0.2) is 25.1 Å². The molecule has 0 unspecified atom stereocenters. The molecule has 1 N–H and O–H groups in total. The zero-order valence-electron chi connectivity index (χ0n) is 13.6. The Labute approximate surface area is 140 Å². The lowest BCUT2D eigenvalue weighted by Crippen LogP contribution is -2.25. The Bertz CT molecular complexity index is 710. The van der Waals surface area contributed by atoms with Gasteiger partial charge in [0.15, 0.2) is 0 Å². The van der Waals surface area contributed by atoms with Crippen molar-refractivity contribution in [2.24, 2.45) is 0 Å². The van der Waals surface area contributed by atoms with Crippen LogP contribution < -0.4 is 14.8 Å². The molecule has 1 amide bonds. The topological polar surface area (TPSA) is 60.5 Å². The van der Waals surface area contributed by atoms with Crippen LogP contribution in [0.5, 0.6) is 11.5 Å². The average molecular weight is 332 g/mol. The fourth-order valence-corrected chi connectivity index (χ4v) is 2.82. The van der Waals surface area contributed by atoms with Gasteiger partial charge >= 0.3 is 0 Å². The van der Waals surface area contributed by atoms with Gasteiger partial charge in [0, 0.05) is 28.8 Å². The molecule has 0 fully saturated rings. The maximum absolute atomic E-state index is 12.1. The third-order valence-electron chi connectivity index (χ3n) is 3.30. The Balaban J connectivity index is 2.04. The second-order valence-electron chi connectivity index (χ2n) is 4.95. The maximum Gasteiger partial charge on any atom is 0.244 e. The van der Waals surface area contributed by atoms with Gasteiger partial charge in [-0.1, -0.05) is 0 Å². The van der Waals surface area contributed by atoms with Crippen LogP contribution in [0.3, 0.4) is 0 Å². The normalized spacial score (nSPS) is 12.2. The minimum Gasteiger partial charge on any atom is -0.497 e. The van der Waals surface area contributed by atoms with Crippen LogP contribution in [0.2, 0.25) is 0 Å². The number of carbonyl (C=O) groups is 1. The highest BCUT2D eigenvalue weighted by Crippen LogP contribution is 2.29. The number of aryl methyl sites for hydroxylation is 1. The maximum atomic E-state index is 12.1. The number of hydrogen-bond donors (Lipinski definition) is 1. The van der Waals surface area contributed by atoms with E-state index in [0.29, 0.717) is 11.5 Å². The first-order valence-corrected chi connectivity index (χ1v) is 7.98. The van der Waals surface area contributed by atoms with E-state index in [1.165, 1.54) is 6.08 Å². The molecule has 0 aliphatic heterocycles. The highest BCUT2D eigenvalue weighted by atomic mass is 32.1. The number of methoxy groups -OCH3 is 2. The van der Waals surface area contributed by atoms with Crippen molar-refractivity contribution in [3.63, 3.8) is 0 Å². The molecule has 2 aromatic rings. The van der Waals surface area contributed by atoms with Gasteiger partial charge in [0.2, 0.25) is 5.91 Å². The first-order valence-electron chi connectivity index (χ1n) is 7.16. The molecule has 0 bridgehead atoms. The van der Waals surface area contributed by atoms with Gasteiger partial charge in [-0.25, -0.2) is 4.98 Å². The molecule has 2 rings (SSSR count). The summed E-state index contributed by atoms with van der Waals surface area (Å²) in [5, 5.41) is 3.90. The molecule has 6 heteroatoms. The Hall–Kier alpha value is -2.34. The van der Waals surface area contributed by atoms with Gasteiger partial charge in [0.05, 0.1) is 25.3 Å². The SMILES string of the molecule is COc1ccc([C@@H](C)NC(=O)/C=C\c2cnc(C)s2)c(OC)c1. The van der Waals surface area contributed by atoms with E-state index in [-0.39, 0.29) is 11.9 Å². The van der Waals surface area contributed by atoms with Crippen LogP contribution in [0, 0.1) is 6.92 Å². The van der Waals surface area contributed by atoms with E-state index >= 15 is 0 Å². The van der Waals surface area contributed by atoms with Crippen LogP contribution in [0.15, 0.2) is 30.5 Å². The van der Waals surface area contributed by atoms with Crippen LogP contribution in [0.4, 0.5) is 0 Å². The van der Waals surface area contributed by atoms with Crippen molar-refractivity contribution >= 4 is 23.3 Å². The van der Waals surface area contributed by atoms with Gasteiger partial charge in [0.1, 0.15) is 11.5 Å². The standard InChI is InChI=1S/C17H20N2O3S/c1-11(15-7-5-13(21-3)9-16(15)22-4)19-17(20)8-6-14-10-18-12(2)23-14/h5-11H,1-4H3,(H,19,20)/b8-6-/t11-/m1/s1. The summed E-state index contributed by atoms with van der Waals surface area (Å²) in [4.78, 5) is 17.2. The second-order valence-corrected chi connectivity index (χ2v) is 6.22. The molecule has 5 nitrogen and oxygen atoms in total. The van der Waals surface area contributed by atoms with Crippen molar-refractivity contribution in [2.75, 3.05) is 14.2 Å². The monoisotopic (exact) mass is 332 g/mol. The third kappa shape index (κ3) is 4.56. The number of aromatic nitrogens is 1. The molecular formula is C17H20N2O3S. The second kappa shape index (κ2) is 7.78. The minimum absolute atomic E-state index is 0.165. The number of nitrogens with zero attached hydrogens (tertiary/aromatic N) is 1. The number of amides is 1. The lowest BCUT2D eigenvalue weighted by molar-refractivity contribution is -0.117. The smallest absolute Gasteiger partial charge is 0.244 e. The average Bonchev–Trinajstić information content (AvgIpc) is 2.97.